The van der Waals surface area contributed by atoms with Gasteiger partial charge in [0.2, 0.25) is 0 Å². The number of esters is 1. The number of nitrogens with one attached hydrogen (secondary N) is 1. The summed E-state index contributed by atoms with van der Waals surface area (Å²) >= 11 is 5.85. The predicted octanol–water partition coefficient (Wildman–Crippen LogP) is 5.23. The first kappa shape index (κ1) is 23.6. The van der Waals surface area contributed by atoms with Gasteiger partial charge in [0.15, 0.2) is 5.11 Å². The molecule has 2 aromatic heterocycles. The number of pyridine rings is 1. The van der Waals surface area contributed by atoms with E-state index in [-0.39, 0.29) is 12.1 Å². The van der Waals surface area contributed by atoms with Gasteiger partial charge >= 0.3 is 5.97 Å². The molecule has 0 aliphatic carbocycles. The summed E-state index contributed by atoms with van der Waals surface area (Å²) in [4.78, 5) is 19.3. The van der Waals surface area contributed by atoms with Gasteiger partial charge in [-0.25, -0.2) is 4.79 Å². The SMILES string of the molecule is CCOc1ccc(N2C(=S)N[C@H](c3ccccn3)[C@H]2c2cccn2-c2ccccc2C(=O)OC)cc1. The van der Waals surface area contributed by atoms with E-state index in [0.29, 0.717) is 17.3 Å². The highest BCUT2D eigenvalue weighted by atomic mass is 32.1. The van der Waals surface area contributed by atoms with Gasteiger partial charge in [0, 0.05) is 23.8 Å². The van der Waals surface area contributed by atoms with Gasteiger partial charge in [0.25, 0.3) is 0 Å². The normalized spacial score (nSPS) is 17.1. The van der Waals surface area contributed by atoms with Crippen LogP contribution in [0.2, 0.25) is 0 Å². The molecule has 0 spiro atoms. The zero-order valence-electron chi connectivity index (χ0n) is 20.0. The van der Waals surface area contributed by atoms with E-state index >= 15 is 0 Å². The molecule has 0 saturated carbocycles. The van der Waals surface area contributed by atoms with Crippen LogP contribution in [0.15, 0.2) is 91.3 Å². The van der Waals surface area contributed by atoms with E-state index in [1.807, 2.05) is 90.5 Å². The average molecular weight is 499 g/mol. The van der Waals surface area contributed by atoms with Gasteiger partial charge in [-0.15, -0.1) is 0 Å². The van der Waals surface area contributed by atoms with Crippen molar-refractivity contribution in [2.24, 2.45) is 0 Å². The van der Waals surface area contributed by atoms with Crippen LogP contribution in [0.1, 0.15) is 40.8 Å². The van der Waals surface area contributed by atoms with E-state index in [1.165, 1.54) is 7.11 Å². The molecule has 1 aliphatic heterocycles. The fourth-order valence-electron chi connectivity index (χ4n) is 4.62. The second kappa shape index (κ2) is 10.2. The first-order valence-corrected chi connectivity index (χ1v) is 12.1. The topological polar surface area (TPSA) is 68.6 Å². The minimum atomic E-state index is -0.394. The molecule has 7 nitrogen and oxygen atoms in total. The summed E-state index contributed by atoms with van der Waals surface area (Å²) in [5.74, 6) is 0.405. The van der Waals surface area contributed by atoms with Gasteiger partial charge in [0.05, 0.1) is 36.7 Å². The maximum atomic E-state index is 12.6. The summed E-state index contributed by atoms with van der Waals surface area (Å²) in [5, 5.41) is 4.07. The van der Waals surface area contributed by atoms with Crippen LogP contribution in [-0.4, -0.2) is 34.3 Å². The van der Waals surface area contributed by atoms with Crippen molar-refractivity contribution in [3.8, 4) is 11.4 Å². The third-order valence-corrected chi connectivity index (χ3v) is 6.49. The Labute approximate surface area is 215 Å². The summed E-state index contributed by atoms with van der Waals surface area (Å²) in [6.45, 7) is 2.56. The number of methoxy groups -OCH3 is 1. The molecule has 5 rings (SSSR count). The zero-order chi connectivity index (χ0) is 25.1. The molecule has 1 aliphatic rings. The summed E-state index contributed by atoms with van der Waals surface area (Å²) in [5.41, 5.74) is 3.95. The summed E-state index contributed by atoms with van der Waals surface area (Å²) in [6, 6.07) is 24.7. The van der Waals surface area contributed by atoms with E-state index in [2.05, 4.69) is 15.2 Å². The van der Waals surface area contributed by atoms with E-state index in [9.17, 15) is 4.79 Å². The molecule has 36 heavy (non-hydrogen) atoms. The van der Waals surface area contributed by atoms with Crippen molar-refractivity contribution >= 4 is 29.0 Å². The van der Waals surface area contributed by atoms with Crippen LogP contribution in [0.4, 0.5) is 5.69 Å². The van der Waals surface area contributed by atoms with Gasteiger partial charge in [-0.1, -0.05) is 18.2 Å². The molecule has 182 valence electrons. The molecule has 0 unspecified atom stereocenters. The Kier molecular flexibility index (Phi) is 6.69. The minimum absolute atomic E-state index is 0.218. The number of hydrogen-bond donors (Lipinski definition) is 1. The Morgan fingerprint density at radius 1 is 1.03 bits per heavy atom. The molecule has 4 aromatic rings. The van der Waals surface area contributed by atoms with Crippen molar-refractivity contribution in [1.82, 2.24) is 14.9 Å². The highest BCUT2D eigenvalue weighted by Crippen LogP contribution is 2.42. The predicted molar refractivity (Wildman–Crippen MR) is 143 cm³/mol. The van der Waals surface area contributed by atoms with Crippen LogP contribution in [-0.2, 0) is 4.74 Å². The van der Waals surface area contributed by atoms with Gasteiger partial charge in [0.1, 0.15) is 11.8 Å². The van der Waals surface area contributed by atoms with Crippen molar-refractivity contribution < 1.29 is 14.3 Å². The molecule has 8 heteroatoms. The van der Waals surface area contributed by atoms with Crippen LogP contribution >= 0.6 is 12.2 Å². The smallest absolute Gasteiger partial charge is 0.339 e. The largest absolute Gasteiger partial charge is 0.494 e. The zero-order valence-corrected chi connectivity index (χ0v) is 20.8. The lowest BCUT2D eigenvalue weighted by atomic mass is 10.0. The number of para-hydroxylation sites is 1. The van der Waals surface area contributed by atoms with Gasteiger partial charge in [-0.3, -0.25) is 4.98 Å². The first-order chi connectivity index (χ1) is 17.6. The highest BCUT2D eigenvalue weighted by molar-refractivity contribution is 7.80. The number of hydrogen-bond acceptors (Lipinski definition) is 5. The van der Waals surface area contributed by atoms with Gasteiger partial charge in [-0.05, 0) is 79.8 Å². The number of carbonyl (C=O) groups excluding carboxylic acids is 1. The van der Waals surface area contributed by atoms with E-state index < -0.39 is 5.97 Å². The quantitative estimate of drug-likeness (QED) is 0.276. The third-order valence-electron chi connectivity index (χ3n) is 6.18. The monoisotopic (exact) mass is 498 g/mol. The number of carbonyl (C=O) groups is 1. The van der Waals surface area contributed by atoms with Crippen LogP contribution < -0.4 is 15.0 Å². The number of nitrogens with zero attached hydrogens (tertiary/aromatic N) is 3. The maximum Gasteiger partial charge on any atom is 0.339 e. The first-order valence-electron chi connectivity index (χ1n) is 11.7. The molecular formula is C28H26N4O3S. The third kappa shape index (κ3) is 4.31. The Balaban J connectivity index is 1.65. The second-order valence-electron chi connectivity index (χ2n) is 8.24. The van der Waals surface area contributed by atoms with Crippen LogP contribution in [0, 0.1) is 0 Å². The fraction of sp³-hybridized carbons (Fsp3) is 0.179. The van der Waals surface area contributed by atoms with Crippen molar-refractivity contribution in [1.29, 1.82) is 0 Å². The van der Waals surface area contributed by atoms with Crippen molar-refractivity contribution in [2.75, 3.05) is 18.6 Å². The number of benzene rings is 2. The minimum Gasteiger partial charge on any atom is -0.494 e. The molecule has 0 amide bonds. The summed E-state index contributed by atoms with van der Waals surface area (Å²) in [6.07, 6.45) is 3.73. The molecule has 2 aromatic carbocycles. The van der Waals surface area contributed by atoms with Gasteiger partial charge < -0.3 is 24.3 Å². The highest BCUT2D eigenvalue weighted by Gasteiger charge is 2.42. The maximum absolute atomic E-state index is 12.6. The van der Waals surface area contributed by atoms with Crippen molar-refractivity contribution in [2.45, 2.75) is 19.0 Å². The Bertz CT molecular complexity index is 1370. The molecule has 1 fully saturated rings. The Morgan fingerprint density at radius 2 is 1.81 bits per heavy atom. The van der Waals surface area contributed by atoms with E-state index in [1.54, 1.807) is 12.3 Å². The molecule has 0 radical (unpaired) electrons. The number of thiocarbonyl (C=S) groups is 1. The number of anilines is 1. The lowest BCUT2D eigenvalue weighted by Gasteiger charge is -2.29. The second-order valence-corrected chi connectivity index (χ2v) is 8.62. The van der Waals surface area contributed by atoms with E-state index in [0.717, 1.165) is 28.5 Å². The lowest BCUT2D eigenvalue weighted by molar-refractivity contribution is 0.0600. The van der Waals surface area contributed by atoms with Crippen molar-refractivity contribution in [3.63, 3.8) is 0 Å². The molecular weight excluding hydrogens is 472 g/mol. The number of ether oxygens (including phenoxy) is 2. The summed E-state index contributed by atoms with van der Waals surface area (Å²) < 4.78 is 12.7. The van der Waals surface area contributed by atoms with Crippen LogP contribution in [0.25, 0.3) is 5.69 Å². The molecule has 1 saturated heterocycles. The summed E-state index contributed by atoms with van der Waals surface area (Å²) in [7, 11) is 1.39. The van der Waals surface area contributed by atoms with Crippen molar-refractivity contribution in [3.05, 3.63) is 108 Å². The molecule has 1 N–H and O–H groups in total. The fourth-order valence-corrected chi connectivity index (χ4v) is 4.97. The van der Waals surface area contributed by atoms with Gasteiger partial charge in [-0.2, -0.15) is 0 Å². The molecule has 2 atom stereocenters. The Hall–Kier alpha value is -4.17. The van der Waals surface area contributed by atoms with E-state index in [4.69, 9.17) is 21.7 Å². The number of aromatic nitrogens is 2. The Morgan fingerprint density at radius 3 is 2.53 bits per heavy atom. The standard InChI is InChI=1S/C28H26N4O3S/c1-3-35-20-15-13-19(14-16-20)32-26(25(30-28(32)36)22-10-6-7-17-29-22)24-12-8-18-31(24)23-11-5-4-9-21(23)27(33)34-2/h4-18,25-26H,3H2,1-2H3,(H,30,36)/t25-,26-/m1/s1. The van der Waals surface area contributed by atoms with Crippen LogP contribution in [0.3, 0.4) is 0 Å². The average Bonchev–Trinajstić information content (AvgIpc) is 3.53. The number of rotatable bonds is 7. The molecule has 3 heterocycles. The van der Waals surface area contributed by atoms with Crippen LogP contribution in [0.5, 0.6) is 5.75 Å². The molecule has 0 bridgehead atoms. The lowest BCUT2D eigenvalue weighted by Crippen LogP contribution is -2.30.